The third kappa shape index (κ3) is 5.56. The van der Waals surface area contributed by atoms with Crippen molar-refractivity contribution in [2.75, 3.05) is 37.1 Å². The molecule has 11 heteroatoms. The lowest BCUT2D eigenvalue weighted by Gasteiger charge is -2.16. The summed E-state index contributed by atoms with van der Waals surface area (Å²) in [6.45, 7) is 1.94. The second kappa shape index (κ2) is 10.4. The SMILES string of the molecule is CCOc1cc([N+](=O)[O-])c(C(=O)OCC(=O)Nc2ccc(N3CCCC3=O)cc2)cc1OC. The number of methoxy groups -OCH3 is 1. The number of hydrogen-bond acceptors (Lipinski definition) is 8. The largest absolute Gasteiger partial charge is 0.493 e. The van der Waals surface area contributed by atoms with Crippen molar-refractivity contribution in [3.05, 3.63) is 52.1 Å². The molecule has 3 rings (SSSR count). The molecule has 2 aromatic carbocycles. The number of nitro benzene ring substituents is 1. The van der Waals surface area contributed by atoms with Gasteiger partial charge in [-0.15, -0.1) is 0 Å². The Labute approximate surface area is 189 Å². The van der Waals surface area contributed by atoms with Crippen molar-refractivity contribution in [3.63, 3.8) is 0 Å². The van der Waals surface area contributed by atoms with Gasteiger partial charge in [-0.3, -0.25) is 19.7 Å². The fourth-order valence-electron chi connectivity index (χ4n) is 3.34. The maximum atomic E-state index is 12.4. The predicted molar refractivity (Wildman–Crippen MR) is 118 cm³/mol. The number of nitrogens with one attached hydrogen (secondary N) is 1. The van der Waals surface area contributed by atoms with E-state index in [9.17, 15) is 24.5 Å². The first kappa shape index (κ1) is 23.5. The Bertz CT molecular complexity index is 1070. The van der Waals surface area contributed by atoms with E-state index in [1.54, 1.807) is 36.1 Å². The second-order valence-corrected chi connectivity index (χ2v) is 7.03. The van der Waals surface area contributed by atoms with Crippen molar-refractivity contribution in [1.82, 2.24) is 0 Å². The normalized spacial score (nSPS) is 12.9. The number of nitrogens with zero attached hydrogens (tertiary/aromatic N) is 2. The molecule has 33 heavy (non-hydrogen) atoms. The van der Waals surface area contributed by atoms with Gasteiger partial charge in [0.25, 0.3) is 11.6 Å². The highest BCUT2D eigenvalue weighted by atomic mass is 16.6. The first-order valence-electron chi connectivity index (χ1n) is 10.2. The number of ether oxygens (including phenoxy) is 3. The minimum Gasteiger partial charge on any atom is -0.493 e. The molecule has 0 spiro atoms. The highest BCUT2D eigenvalue weighted by Gasteiger charge is 2.26. The maximum Gasteiger partial charge on any atom is 0.345 e. The van der Waals surface area contributed by atoms with Crippen molar-refractivity contribution in [2.24, 2.45) is 0 Å². The Balaban J connectivity index is 1.63. The molecule has 1 heterocycles. The summed E-state index contributed by atoms with van der Waals surface area (Å²) in [5, 5.41) is 14.0. The molecule has 0 bridgehead atoms. The molecule has 0 aromatic heterocycles. The molecule has 0 atom stereocenters. The van der Waals surface area contributed by atoms with Crippen LogP contribution >= 0.6 is 0 Å². The van der Waals surface area contributed by atoms with Crippen molar-refractivity contribution >= 4 is 34.8 Å². The quantitative estimate of drug-likeness (QED) is 0.345. The molecule has 1 fully saturated rings. The third-order valence-corrected chi connectivity index (χ3v) is 4.87. The Hall–Kier alpha value is -4.15. The summed E-state index contributed by atoms with van der Waals surface area (Å²) in [5.41, 5.74) is 0.281. The molecule has 1 saturated heterocycles. The number of rotatable bonds is 9. The fourth-order valence-corrected chi connectivity index (χ4v) is 3.34. The zero-order valence-electron chi connectivity index (χ0n) is 18.2. The van der Waals surface area contributed by atoms with E-state index < -0.39 is 29.1 Å². The summed E-state index contributed by atoms with van der Waals surface area (Å²) in [6.07, 6.45) is 1.32. The fraction of sp³-hybridized carbons (Fsp3) is 0.318. The Morgan fingerprint density at radius 3 is 2.48 bits per heavy atom. The van der Waals surface area contributed by atoms with E-state index in [1.807, 2.05) is 0 Å². The van der Waals surface area contributed by atoms with E-state index >= 15 is 0 Å². The molecule has 2 amide bonds. The number of hydrogen-bond donors (Lipinski definition) is 1. The number of amides is 2. The summed E-state index contributed by atoms with van der Waals surface area (Å²) >= 11 is 0. The van der Waals surface area contributed by atoms with Gasteiger partial charge in [0, 0.05) is 30.4 Å². The first-order chi connectivity index (χ1) is 15.8. The van der Waals surface area contributed by atoms with Crippen LogP contribution in [0.15, 0.2) is 36.4 Å². The van der Waals surface area contributed by atoms with Gasteiger partial charge in [0.2, 0.25) is 5.91 Å². The third-order valence-electron chi connectivity index (χ3n) is 4.87. The van der Waals surface area contributed by atoms with E-state index in [-0.39, 0.29) is 29.6 Å². The number of nitro groups is 1. The Kier molecular flexibility index (Phi) is 7.44. The van der Waals surface area contributed by atoms with Crippen LogP contribution in [0.4, 0.5) is 17.1 Å². The van der Waals surface area contributed by atoms with Gasteiger partial charge in [0.15, 0.2) is 18.1 Å². The van der Waals surface area contributed by atoms with Gasteiger partial charge < -0.3 is 24.4 Å². The molecule has 0 radical (unpaired) electrons. The Morgan fingerprint density at radius 1 is 1.18 bits per heavy atom. The van der Waals surface area contributed by atoms with Crippen LogP contribution in [0.1, 0.15) is 30.1 Å². The smallest absolute Gasteiger partial charge is 0.345 e. The minimum absolute atomic E-state index is 0.0544. The van der Waals surface area contributed by atoms with E-state index in [2.05, 4.69) is 5.32 Å². The van der Waals surface area contributed by atoms with E-state index in [1.165, 1.54) is 7.11 Å². The van der Waals surface area contributed by atoms with Crippen LogP contribution in [0.3, 0.4) is 0 Å². The molecule has 0 saturated carbocycles. The molecule has 0 unspecified atom stereocenters. The molecule has 1 aliphatic heterocycles. The molecule has 0 aliphatic carbocycles. The number of anilines is 2. The van der Waals surface area contributed by atoms with Crippen LogP contribution in [0, 0.1) is 10.1 Å². The van der Waals surface area contributed by atoms with Crippen LogP contribution in [0.5, 0.6) is 11.5 Å². The zero-order chi connectivity index (χ0) is 24.0. The standard InChI is InChI=1S/C22H23N3O8/c1-3-32-19-12-17(25(29)30)16(11-18(19)31-2)22(28)33-13-20(26)23-14-6-8-15(9-7-14)24-10-4-5-21(24)27/h6-9,11-12H,3-5,10,13H2,1-2H3,(H,23,26). The van der Waals surface area contributed by atoms with Crippen molar-refractivity contribution < 1.29 is 33.5 Å². The van der Waals surface area contributed by atoms with Gasteiger partial charge >= 0.3 is 5.97 Å². The van der Waals surface area contributed by atoms with Crippen molar-refractivity contribution in [2.45, 2.75) is 19.8 Å². The van der Waals surface area contributed by atoms with Crippen LogP contribution in [-0.4, -0.2) is 49.6 Å². The highest BCUT2D eigenvalue weighted by Crippen LogP contribution is 2.35. The van der Waals surface area contributed by atoms with Crippen LogP contribution in [0.2, 0.25) is 0 Å². The van der Waals surface area contributed by atoms with Gasteiger partial charge in [-0.1, -0.05) is 0 Å². The summed E-state index contributed by atoms with van der Waals surface area (Å²) in [5.74, 6) is -1.40. The van der Waals surface area contributed by atoms with Gasteiger partial charge in [-0.25, -0.2) is 4.79 Å². The van der Waals surface area contributed by atoms with Crippen LogP contribution < -0.4 is 19.7 Å². The zero-order valence-corrected chi connectivity index (χ0v) is 18.2. The molecular weight excluding hydrogens is 434 g/mol. The molecular formula is C22H23N3O8. The number of esters is 1. The monoisotopic (exact) mass is 457 g/mol. The lowest BCUT2D eigenvalue weighted by Crippen LogP contribution is -2.24. The van der Waals surface area contributed by atoms with Crippen LogP contribution in [0.25, 0.3) is 0 Å². The molecule has 174 valence electrons. The van der Waals surface area contributed by atoms with Crippen molar-refractivity contribution in [3.8, 4) is 11.5 Å². The van der Waals surface area contributed by atoms with Gasteiger partial charge in [0.1, 0.15) is 5.56 Å². The average molecular weight is 457 g/mol. The lowest BCUT2D eigenvalue weighted by atomic mass is 10.1. The number of benzene rings is 2. The number of carbonyl (C=O) groups excluding carboxylic acids is 3. The summed E-state index contributed by atoms with van der Waals surface area (Å²) in [7, 11) is 1.33. The average Bonchev–Trinajstić information content (AvgIpc) is 3.23. The van der Waals surface area contributed by atoms with E-state index in [0.717, 1.165) is 24.2 Å². The number of carbonyl (C=O) groups is 3. The van der Waals surface area contributed by atoms with Gasteiger partial charge in [-0.2, -0.15) is 0 Å². The van der Waals surface area contributed by atoms with Gasteiger partial charge in [0.05, 0.1) is 24.7 Å². The first-order valence-corrected chi connectivity index (χ1v) is 10.2. The Morgan fingerprint density at radius 2 is 1.91 bits per heavy atom. The summed E-state index contributed by atoms with van der Waals surface area (Å²) in [4.78, 5) is 48.8. The van der Waals surface area contributed by atoms with E-state index in [0.29, 0.717) is 18.7 Å². The maximum absolute atomic E-state index is 12.4. The molecule has 1 N–H and O–H groups in total. The minimum atomic E-state index is -1.05. The molecule has 1 aliphatic rings. The summed E-state index contributed by atoms with van der Waals surface area (Å²) in [6, 6.07) is 8.89. The lowest BCUT2D eigenvalue weighted by molar-refractivity contribution is -0.385. The van der Waals surface area contributed by atoms with E-state index in [4.69, 9.17) is 14.2 Å². The molecule has 11 nitrogen and oxygen atoms in total. The molecule has 2 aromatic rings. The predicted octanol–water partition coefficient (Wildman–Crippen LogP) is 2.92. The van der Waals surface area contributed by atoms with Gasteiger partial charge in [-0.05, 0) is 37.6 Å². The summed E-state index contributed by atoms with van der Waals surface area (Å²) < 4.78 is 15.4. The second-order valence-electron chi connectivity index (χ2n) is 7.03. The van der Waals surface area contributed by atoms with Crippen LogP contribution in [-0.2, 0) is 14.3 Å². The highest BCUT2D eigenvalue weighted by molar-refractivity contribution is 5.99. The van der Waals surface area contributed by atoms with Crippen molar-refractivity contribution in [1.29, 1.82) is 0 Å². The topological polar surface area (TPSA) is 137 Å².